The van der Waals surface area contributed by atoms with Crippen LogP contribution in [0.4, 0.5) is 13.2 Å². The molecule has 6 heteroatoms. The number of nitrogens with one attached hydrogen (secondary N) is 1. The van der Waals surface area contributed by atoms with Crippen molar-refractivity contribution in [1.82, 2.24) is 5.32 Å². The minimum absolute atomic E-state index is 0.339. The third-order valence-electron chi connectivity index (χ3n) is 2.95. The quantitative estimate of drug-likeness (QED) is 0.706. The van der Waals surface area contributed by atoms with Gasteiger partial charge in [0.2, 0.25) is 0 Å². The van der Waals surface area contributed by atoms with Crippen molar-refractivity contribution in [3.8, 4) is 5.75 Å². The Kier molecular flexibility index (Phi) is 7.53. The summed E-state index contributed by atoms with van der Waals surface area (Å²) < 4.78 is 47.1. The second kappa shape index (κ2) is 8.89. The number of hydrogen-bond donors (Lipinski definition) is 1. The first-order valence-corrected chi connectivity index (χ1v) is 6.99. The number of halogens is 3. The number of hydrogen-bond acceptors (Lipinski definition) is 3. The Hall–Kier alpha value is -1.27. The maximum absolute atomic E-state index is 12.2. The van der Waals surface area contributed by atoms with Gasteiger partial charge < -0.3 is 14.8 Å². The standard InChI is InChI=1S/C15H22F3NO2/c1-3-9-19-11-14(21-10-8-15(16,17)18)12-4-6-13(20-2)7-5-12/h4-7,14,19H,3,8-11H2,1-2H3. The van der Waals surface area contributed by atoms with E-state index in [-0.39, 0.29) is 6.61 Å². The minimum atomic E-state index is -4.19. The summed E-state index contributed by atoms with van der Waals surface area (Å²) in [6, 6.07) is 7.17. The van der Waals surface area contributed by atoms with Gasteiger partial charge in [-0.25, -0.2) is 0 Å². The number of benzene rings is 1. The van der Waals surface area contributed by atoms with E-state index >= 15 is 0 Å². The van der Waals surface area contributed by atoms with Crippen molar-refractivity contribution in [2.24, 2.45) is 0 Å². The number of rotatable bonds is 9. The highest BCUT2D eigenvalue weighted by atomic mass is 19.4. The molecule has 0 amide bonds. The summed E-state index contributed by atoms with van der Waals surface area (Å²) in [6.07, 6.45) is -4.57. The fourth-order valence-corrected chi connectivity index (χ4v) is 1.82. The van der Waals surface area contributed by atoms with Crippen LogP contribution >= 0.6 is 0 Å². The zero-order valence-corrected chi connectivity index (χ0v) is 12.4. The van der Waals surface area contributed by atoms with E-state index in [0.717, 1.165) is 18.5 Å². The zero-order chi connectivity index (χ0) is 15.7. The van der Waals surface area contributed by atoms with Crippen LogP contribution in [0.2, 0.25) is 0 Å². The van der Waals surface area contributed by atoms with Gasteiger partial charge in [0.05, 0.1) is 26.2 Å². The highest BCUT2D eigenvalue weighted by molar-refractivity contribution is 5.28. The smallest absolute Gasteiger partial charge is 0.391 e. The van der Waals surface area contributed by atoms with Crippen molar-refractivity contribution in [2.45, 2.75) is 32.0 Å². The fourth-order valence-electron chi connectivity index (χ4n) is 1.82. The third kappa shape index (κ3) is 7.34. The molecule has 1 unspecified atom stereocenters. The molecule has 3 nitrogen and oxygen atoms in total. The molecule has 0 aromatic heterocycles. The van der Waals surface area contributed by atoms with Crippen molar-refractivity contribution in [3.05, 3.63) is 29.8 Å². The molecule has 1 aromatic rings. The summed E-state index contributed by atoms with van der Waals surface area (Å²) in [5, 5.41) is 3.17. The largest absolute Gasteiger partial charge is 0.497 e. The Morgan fingerprint density at radius 1 is 1.19 bits per heavy atom. The Morgan fingerprint density at radius 2 is 1.86 bits per heavy atom. The van der Waals surface area contributed by atoms with Crippen molar-refractivity contribution < 1.29 is 22.6 Å². The van der Waals surface area contributed by atoms with Gasteiger partial charge >= 0.3 is 6.18 Å². The van der Waals surface area contributed by atoms with Crippen molar-refractivity contribution >= 4 is 0 Å². The zero-order valence-electron chi connectivity index (χ0n) is 12.4. The number of methoxy groups -OCH3 is 1. The fraction of sp³-hybridized carbons (Fsp3) is 0.600. The van der Waals surface area contributed by atoms with Crippen LogP contribution in [0.5, 0.6) is 5.75 Å². The molecule has 1 atom stereocenters. The number of alkyl halides is 3. The molecule has 0 aliphatic heterocycles. The van der Waals surface area contributed by atoms with Crippen LogP contribution in [-0.2, 0) is 4.74 Å². The lowest BCUT2D eigenvalue weighted by atomic mass is 10.1. The van der Waals surface area contributed by atoms with E-state index in [4.69, 9.17) is 9.47 Å². The van der Waals surface area contributed by atoms with E-state index in [1.165, 1.54) is 0 Å². The first-order chi connectivity index (χ1) is 9.96. The molecular formula is C15H22F3NO2. The molecule has 0 radical (unpaired) electrons. The summed E-state index contributed by atoms with van der Waals surface area (Å²) in [7, 11) is 1.56. The van der Waals surface area contributed by atoms with E-state index in [2.05, 4.69) is 5.32 Å². The highest BCUT2D eigenvalue weighted by Gasteiger charge is 2.27. The lowest BCUT2D eigenvalue weighted by molar-refractivity contribution is -0.149. The van der Waals surface area contributed by atoms with Gasteiger partial charge in [-0.2, -0.15) is 13.2 Å². The van der Waals surface area contributed by atoms with Crippen molar-refractivity contribution in [3.63, 3.8) is 0 Å². The van der Waals surface area contributed by atoms with Gasteiger partial charge in [-0.1, -0.05) is 19.1 Å². The van der Waals surface area contributed by atoms with Gasteiger partial charge in [0.25, 0.3) is 0 Å². The average Bonchev–Trinajstić information content (AvgIpc) is 2.45. The van der Waals surface area contributed by atoms with Crippen molar-refractivity contribution in [2.75, 3.05) is 26.8 Å². The van der Waals surface area contributed by atoms with E-state index in [9.17, 15) is 13.2 Å². The van der Waals surface area contributed by atoms with E-state index in [1.807, 2.05) is 19.1 Å². The molecule has 120 valence electrons. The molecule has 0 aliphatic rings. The molecule has 0 saturated heterocycles. The van der Waals surface area contributed by atoms with Gasteiger partial charge in [-0.05, 0) is 30.7 Å². The molecule has 1 N–H and O–H groups in total. The maximum Gasteiger partial charge on any atom is 0.391 e. The second-order valence-electron chi connectivity index (χ2n) is 4.70. The van der Waals surface area contributed by atoms with Crippen LogP contribution < -0.4 is 10.1 Å². The first kappa shape index (κ1) is 17.8. The van der Waals surface area contributed by atoms with Gasteiger partial charge in [-0.15, -0.1) is 0 Å². The number of ether oxygens (including phenoxy) is 2. The Morgan fingerprint density at radius 3 is 2.38 bits per heavy atom. The predicted octanol–water partition coefficient (Wildman–Crippen LogP) is 3.70. The van der Waals surface area contributed by atoms with E-state index < -0.39 is 18.7 Å². The highest BCUT2D eigenvalue weighted by Crippen LogP contribution is 2.24. The van der Waals surface area contributed by atoms with E-state index in [1.54, 1.807) is 19.2 Å². The topological polar surface area (TPSA) is 30.5 Å². The normalized spacial score (nSPS) is 13.2. The second-order valence-corrected chi connectivity index (χ2v) is 4.70. The summed E-state index contributed by atoms with van der Waals surface area (Å²) in [5.41, 5.74) is 0.835. The molecule has 0 saturated carbocycles. The Labute approximate surface area is 123 Å². The van der Waals surface area contributed by atoms with Crippen LogP contribution in [0.25, 0.3) is 0 Å². The summed E-state index contributed by atoms with van der Waals surface area (Å²) in [5.74, 6) is 0.703. The lowest BCUT2D eigenvalue weighted by Crippen LogP contribution is -2.25. The molecule has 0 aliphatic carbocycles. The monoisotopic (exact) mass is 305 g/mol. The van der Waals surface area contributed by atoms with E-state index in [0.29, 0.717) is 12.3 Å². The van der Waals surface area contributed by atoms with Gasteiger partial charge in [0.1, 0.15) is 5.75 Å². The molecule has 0 bridgehead atoms. The minimum Gasteiger partial charge on any atom is -0.497 e. The molecule has 1 rings (SSSR count). The maximum atomic E-state index is 12.2. The van der Waals surface area contributed by atoms with Crippen LogP contribution in [0, 0.1) is 0 Å². The predicted molar refractivity (Wildman–Crippen MR) is 75.5 cm³/mol. The lowest BCUT2D eigenvalue weighted by Gasteiger charge is -2.20. The average molecular weight is 305 g/mol. The summed E-state index contributed by atoms with van der Waals surface area (Å²) >= 11 is 0. The molecule has 0 heterocycles. The first-order valence-electron chi connectivity index (χ1n) is 6.99. The molecular weight excluding hydrogens is 283 g/mol. The Bertz CT molecular complexity index is 393. The van der Waals surface area contributed by atoms with Crippen molar-refractivity contribution in [1.29, 1.82) is 0 Å². The molecule has 0 spiro atoms. The van der Waals surface area contributed by atoms with Crippen LogP contribution in [-0.4, -0.2) is 33.0 Å². The van der Waals surface area contributed by atoms with Gasteiger partial charge in [0.15, 0.2) is 0 Å². The third-order valence-corrected chi connectivity index (χ3v) is 2.95. The summed E-state index contributed by atoms with van der Waals surface area (Å²) in [6.45, 7) is 2.97. The molecule has 21 heavy (non-hydrogen) atoms. The van der Waals surface area contributed by atoms with Crippen LogP contribution in [0.15, 0.2) is 24.3 Å². The van der Waals surface area contributed by atoms with Crippen LogP contribution in [0.3, 0.4) is 0 Å². The molecule has 1 aromatic carbocycles. The molecule has 0 fully saturated rings. The van der Waals surface area contributed by atoms with Gasteiger partial charge in [-0.3, -0.25) is 0 Å². The van der Waals surface area contributed by atoms with Crippen LogP contribution in [0.1, 0.15) is 31.4 Å². The van der Waals surface area contributed by atoms with Gasteiger partial charge in [0, 0.05) is 6.54 Å². The Balaban J connectivity index is 2.61. The summed E-state index contributed by atoms with van der Waals surface area (Å²) in [4.78, 5) is 0. The SMILES string of the molecule is CCCNCC(OCCC(F)(F)F)c1ccc(OC)cc1.